The number of fused-ring (bicyclic) bond motifs is 1. The second-order valence-electron chi connectivity index (χ2n) is 4.84. The smallest absolute Gasteiger partial charge is 0.129 e. The molecule has 0 radical (unpaired) electrons. The van der Waals surface area contributed by atoms with Gasteiger partial charge in [-0.2, -0.15) is 0 Å². The Hall–Kier alpha value is -1.26. The van der Waals surface area contributed by atoms with E-state index in [1.807, 2.05) is 18.2 Å². The number of aliphatic hydroxyl groups is 1. The summed E-state index contributed by atoms with van der Waals surface area (Å²) in [5, 5.41) is 9.58. The maximum atomic E-state index is 9.58. The van der Waals surface area contributed by atoms with Gasteiger partial charge in [0.05, 0.1) is 6.61 Å². The van der Waals surface area contributed by atoms with Crippen LogP contribution in [-0.4, -0.2) is 31.5 Å². The lowest BCUT2D eigenvalue weighted by Crippen LogP contribution is -2.10. The van der Waals surface area contributed by atoms with Crippen LogP contribution in [0.3, 0.4) is 0 Å². The van der Waals surface area contributed by atoms with Crippen molar-refractivity contribution in [2.75, 3.05) is 26.4 Å². The summed E-state index contributed by atoms with van der Waals surface area (Å²) in [6, 6.07) is 5.50. The van der Waals surface area contributed by atoms with Gasteiger partial charge in [-0.25, -0.2) is 0 Å². The minimum Gasteiger partial charge on any atom is -0.491 e. The number of hydrogen-bond acceptors (Lipinski definition) is 4. The SMILES string of the molecule is CC(C)COCCOc1ccc2c(c1)OCC2O. The van der Waals surface area contributed by atoms with Crippen LogP contribution < -0.4 is 9.47 Å². The number of rotatable bonds is 6. The molecule has 1 N–H and O–H groups in total. The molecule has 0 amide bonds. The summed E-state index contributed by atoms with van der Waals surface area (Å²) in [6.45, 7) is 6.42. The van der Waals surface area contributed by atoms with Crippen LogP contribution >= 0.6 is 0 Å². The molecule has 18 heavy (non-hydrogen) atoms. The zero-order valence-corrected chi connectivity index (χ0v) is 10.9. The van der Waals surface area contributed by atoms with Crippen LogP contribution in [0.25, 0.3) is 0 Å². The van der Waals surface area contributed by atoms with Crippen LogP contribution in [0.5, 0.6) is 11.5 Å². The highest BCUT2D eigenvalue weighted by Crippen LogP contribution is 2.34. The number of hydrogen-bond donors (Lipinski definition) is 1. The minimum atomic E-state index is -0.511. The molecule has 0 saturated carbocycles. The van der Waals surface area contributed by atoms with Gasteiger partial charge in [-0.15, -0.1) is 0 Å². The number of ether oxygens (including phenoxy) is 3. The molecule has 2 rings (SSSR count). The summed E-state index contributed by atoms with van der Waals surface area (Å²) in [6.07, 6.45) is -0.511. The normalized spacial score (nSPS) is 17.7. The fourth-order valence-corrected chi connectivity index (χ4v) is 1.80. The van der Waals surface area contributed by atoms with Crippen molar-refractivity contribution in [1.82, 2.24) is 0 Å². The summed E-state index contributed by atoms with van der Waals surface area (Å²) in [5.41, 5.74) is 0.832. The average Bonchev–Trinajstić information content (AvgIpc) is 2.70. The van der Waals surface area contributed by atoms with Crippen LogP contribution in [-0.2, 0) is 4.74 Å². The first kappa shape index (κ1) is 13.2. The van der Waals surface area contributed by atoms with Crippen LogP contribution in [0.2, 0.25) is 0 Å². The third kappa shape index (κ3) is 3.37. The maximum absolute atomic E-state index is 9.58. The van der Waals surface area contributed by atoms with E-state index in [-0.39, 0.29) is 0 Å². The monoisotopic (exact) mass is 252 g/mol. The van der Waals surface area contributed by atoms with E-state index >= 15 is 0 Å². The third-order valence-corrected chi connectivity index (χ3v) is 2.69. The molecule has 1 heterocycles. The summed E-state index contributed by atoms with van der Waals surface area (Å²) >= 11 is 0. The van der Waals surface area contributed by atoms with Crippen molar-refractivity contribution < 1.29 is 19.3 Å². The van der Waals surface area contributed by atoms with Crippen molar-refractivity contribution in [2.24, 2.45) is 5.92 Å². The molecule has 0 saturated heterocycles. The first-order valence-electron chi connectivity index (χ1n) is 6.32. The van der Waals surface area contributed by atoms with E-state index < -0.39 is 6.10 Å². The van der Waals surface area contributed by atoms with Gasteiger partial charge in [-0.05, 0) is 18.1 Å². The Kier molecular flexibility index (Phi) is 4.44. The lowest BCUT2D eigenvalue weighted by atomic mass is 10.1. The molecule has 1 atom stereocenters. The van der Waals surface area contributed by atoms with Crippen molar-refractivity contribution >= 4 is 0 Å². The fourth-order valence-electron chi connectivity index (χ4n) is 1.80. The van der Waals surface area contributed by atoms with E-state index in [0.717, 1.165) is 17.9 Å². The second-order valence-corrected chi connectivity index (χ2v) is 4.84. The molecule has 0 fully saturated rings. The van der Waals surface area contributed by atoms with Crippen LogP contribution in [0.4, 0.5) is 0 Å². The van der Waals surface area contributed by atoms with Crippen LogP contribution in [0.15, 0.2) is 18.2 Å². The number of benzene rings is 1. The quantitative estimate of drug-likeness (QED) is 0.788. The minimum absolute atomic E-state index is 0.330. The first-order chi connectivity index (χ1) is 8.66. The van der Waals surface area contributed by atoms with E-state index in [1.54, 1.807) is 0 Å². The van der Waals surface area contributed by atoms with Gasteiger partial charge in [0.15, 0.2) is 0 Å². The molecule has 0 aromatic heterocycles. The van der Waals surface area contributed by atoms with E-state index in [1.165, 1.54) is 0 Å². The van der Waals surface area contributed by atoms with Crippen molar-refractivity contribution in [3.8, 4) is 11.5 Å². The first-order valence-corrected chi connectivity index (χ1v) is 6.32. The van der Waals surface area contributed by atoms with Gasteiger partial charge in [0, 0.05) is 18.2 Å². The third-order valence-electron chi connectivity index (χ3n) is 2.69. The molecule has 0 bridgehead atoms. The average molecular weight is 252 g/mol. The van der Waals surface area contributed by atoms with Crippen molar-refractivity contribution in [1.29, 1.82) is 0 Å². The van der Waals surface area contributed by atoms with Crippen molar-refractivity contribution in [3.63, 3.8) is 0 Å². The van der Waals surface area contributed by atoms with Gasteiger partial charge in [0.1, 0.15) is 30.8 Å². The van der Waals surface area contributed by atoms with E-state index in [9.17, 15) is 5.11 Å². The van der Waals surface area contributed by atoms with Crippen LogP contribution in [0.1, 0.15) is 25.5 Å². The van der Waals surface area contributed by atoms with Crippen molar-refractivity contribution in [3.05, 3.63) is 23.8 Å². The molecule has 1 aromatic carbocycles. The van der Waals surface area contributed by atoms with E-state index in [0.29, 0.717) is 31.5 Å². The van der Waals surface area contributed by atoms with Gasteiger partial charge >= 0.3 is 0 Å². The summed E-state index contributed by atoms with van der Waals surface area (Å²) < 4.78 is 16.3. The van der Waals surface area contributed by atoms with Gasteiger partial charge in [0.25, 0.3) is 0 Å². The molecule has 4 nitrogen and oxygen atoms in total. The molecule has 1 unspecified atom stereocenters. The molecule has 100 valence electrons. The lowest BCUT2D eigenvalue weighted by molar-refractivity contribution is 0.0818. The molecule has 1 aliphatic rings. The Morgan fingerprint density at radius 2 is 2.22 bits per heavy atom. The highest BCUT2D eigenvalue weighted by atomic mass is 16.5. The topological polar surface area (TPSA) is 47.9 Å². The Balaban J connectivity index is 1.77. The molecular formula is C14H20O4. The molecule has 1 aromatic rings. The zero-order chi connectivity index (χ0) is 13.0. The van der Waals surface area contributed by atoms with Gasteiger partial charge in [-0.3, -0.25) is 0 Å². The largest absolute Gasteiger partial charge is 0.491 e. The zero-order valence-electron chi connectivity index (χ0n) is 10.9. The van der Waals surface area contributed by atoms with E-state index in [4.69, 9.17) is 14.2 Å². The van der Waals surface area contributed by atoms with Gasteiger partial charge in [0.2, 0.25) is 0 Å². The number of aliphatic hydroxyl groups excluding tert-OH is 1. The molecule has 1 aliphatic heterocycles. The standard InChI is InChI=1S/C14H20O4/c1-10(2)8-16-5-6-17-11-3-4-12-13(15)9-18-14(12)7-11/h3-4,7,10,13,15H,5-6,8-9H2,1-2H3. The summed E-state index contributed by atoms with van der Waals surface area (Å²) in [5.74, 6) is 2.00. The molecule has 0 spiro atoms. The fraction of sp³-hybridized carbons (Fsp3) is 0.571. The predicted octanol–water partition coefficient (Wildman–Crippen LogP) is 2.16. The van der Waals surface area contributed by atoms with E-state index in [2.05, 4.69) is 13.8 Å². The Morgan fingerprint density at radius 3 is 3.00 bits per heavy atom. The second kappa shape index (κ2) is 6.07. The van der Waals surface area contributed by atoms with Gasteiger partial charge in [-0.1, -0.05) is 13.8 Å². The highest BCUT2D eigenvalue weighted by Gasteiger charge is 2.21. The Bertz CT molecular complexity index is 389. The molecule has 4 heteroatoms. The predicted molar refractivity (Wildman–Crippen MR) is 68.0 cm³/mol. The Labute approximate surface area is 107 Å². The highest BCUT2D eigenvalue weighted by molar-refractivity contribution is 5.44. The summed E-state index contributed by atoms with van der Waals surface area (Å²) in [7, 11) is 0. The van der Waals surface area contributed by atoms with Gasteiger partial charge < -0.3 is 19.3 Å². The summed E-state index contributed by atoms with van der Waals surface area (Å²) in [4.78, 5) is 0. The van der Waals surface area contributed by atoms with Crippen LogP contribution in [0, 0.1) is 5.92 Å². The Morgan fingerprint density at radius 1 is 1.39 bits per heavy atom. The lowest BCUT2D eigenvalue weighted by Gasteiger charge is -2.09. The maximum Gasteiger partial charge on any atom is 0.129 e. The van der Waals surface area contributed by atoms with Crippen molar-refractivity contribution in [2.45, 2.75) is 20.0 Å². The molecule has 0 aliphatic carbocycles. The molecular weight excluding hydrogens is 232 g/mol.